The molecule has 24 heavy (non-hydrogen) atoms. The molecule has 0 aliphatic rings. The second-order valence-electron chi connectivity index (χ2n) is 8.15. The molecule has 0 amide bonds. The molecule has 0 saturated carbocycles. The van der Waals surface area contributed by atoms with Gasteiger partial charge in [0.05, 0.1) is 17.8 Å². The maximum Gasteiger partial charge on any atom is 0.0704 e. The van der Waals surface area contributed by atoms with Gasteiger partial charge in [0.25, 0.3) is 0 Å². The van der Waals surface area contributed by atoms with E-state index >= 15 is 0 Å². The van der Waals surface area contributed by atoms with E-state index in [0.717, 1.165) is 32.1 Å². The van der Waals surface area contributed by atoms with Crippen LogP contribution in [0.4, 0.5) is 0 Å². The lowest BCUT2D eigenvalue weighted by Gasteiger charge is -2.42. The van der Waals surface area contributed by atoms with Crippen LogP contribution in [0.5, 0.6) is 0 Å². The predicted molar refractivity (Wildman–Crippen MR) is 99.8 cm³/mol. The van der Waals surface area contributed by atoms with E-state index in [1.807, 2.05) is 6.92 Å². The van der Waals surface area contributed by atoms with Gasteiger partial charge in [-0.15, -0.1) is 0 Å². The van der Waals surface area contributed by atoms with E-state index in [-0.39, 0.29) is 18.4 Å². The summed E-state index contributed by atoms with van der Waals surface area (Å²) < 4.78 is 0. The van der Waals surface area contributed by atoms with Gasteiger partial charge in [-0.3, -0.25) is 0 Å². The smallest absolute Gasteiger partial charge is 0.0704 e. The molecule has 0 fully saturated rings. The van der Waals surface area contributed by atoms with Crippen molar-refractivity contribution in [2.24, 2.45) is 17.8 Å². The van der Waals surface area contributed by atoms with Gasteiger partial charge in [0, 0.05) is 12.5 Å². The third-order valence-corrected chi connectivity index (χ3v) is 5.23. The molecule has 0 spiro atoms. The lowest BCUT2D eigenvalue weighted by Crippen LogP contribution is -2.47. The molecule has 4 N–H and O–H groups in total. The van der Waals surface area contributed by atoms with Crippen molar-refractivity contribution in [2.45, 2.75) is 104 Å². The Hall–Kier alpha value is -0.160. The average molecular weight is 347 g/mol. The van der Waals surface area contributed by atoms with Gasteiger partial charge < -0.3 is 20.4 Å². The van der Waals surface area contributed by atoms with Crippen LogP contribution in [0.2, 0.25) is 0 Å². The molecule has 0 heterocycles. The Labute approximate surface area is 149 Å². The largest absolute Gasteiger partial charge is 0.396 e. The van der Waals surface area contributed by atoms with Gasteiger partial charge in [0.1, 0.15) is 0 Å². The Balaban J connectivity index is 5.23. The van der Waals surface area contributed by atoms with Crippen LogP contribution in [0, 0.1) is 17.8 Å². The molecule has 5 unspecified atom stereocenters. The van der Waals surface area contributed by atoms with E-state index in [1.54, 1.807) is 6.92 Å². The molecule has 0 aromatic heterocycles. The zero-order chi connectivity index (χ0) is 18.8. The fourth-order valence-electron chi connectivity index (χ4n) is 3.66. The van der Waals surface area contributed by atoms with Crippen molar-refractivity contribution in [3.05, 3.63) is 0 Å². The maximum atomic E-state index is 11.5. The Morgan fingerprint density at radius 2 is 1.58 bits per heavy atom. The highest BCUT2D eigenvalue weighted by molar-refractivity contribution is 4.92. The van der Waals surface area contributed by atoms with Gasteiger partial charge in [-0.05, 0) is 50.9 Å². The van der Waals surface area contributed by atoms with Crippen LogP contribution >= 0.6 is 0 Å². The van der Waals surface area contributed by atoms with Crippen LogP contribution in [-0.2, 0) is 0 Å². The Bertz CT molecular complexity index is 306. The van der Waals surface area contributed by atoms with Crippen molar-refractivity contribution in [3.8, 4) is 0 Å². The summed E-state index contributed by atoms with van der Waals surface area (Å²) in [6.45, 7) is 10.2. The molecular weight excluding hydrogens is 304 g/mol. The highest BCUT2D eigenvalue weighted by Gasteiger charge is 2.41. The SMILES string of the molecule is CCCC(C(O)CC(C)C)C(O)(CCCCCO)CC(C)C(C)O. The van der Waals surface area contributed by atoms with Gasteiger partial charge in [0.2, 0.25) is 0 Å². The van der Waals surface area contributed by atoms with Gasteiger partial charge >= 0.3 is 0 Å². The minimum atomic E-state index is -0.962. The standard InChI is InChI=1S/C20H42O4/c1-6-10-18(19(23)13-15(2)3)20(24,11-8-7-9-12-21)14-16(4)17(5)22/h15-19,21-24H,6-14H2,1-5H3. The summed E-state index contributed by atoms with van der Waals surface area (Å²) in [5.41, 5.74) is -0.962. The number of hydrogen-bond acceptors (Lipinski definition) is 4. The van der Waals surface area contributed by atoms with Crippen molar-refractivity contribution in [3.63, 3.8) is 0 Å². The average Bonchev–Trinajstić information content (AvgIpc) is 2.48. The quantitative estimate of drug-likeness (QED) is 0.363. The minimum absolute atomic E-state index is 0.0153. The van der Waals surface area contributed by atoms with Crippen LogP contribution in [0.1, 0.15) is 86.0 Å². The van der Waals surface area contributed by atoms with E-state index < -0.39 is 17.8 Å². The summed E-state index contributed by atoms with van der Waals surface area (Å²) in [5, 5.41) is 41.1. The van der Waals surface area contributed by atoms with E-state index in [1.165, 1.54) is 0 Å². The monoisotopic (exact) mass is 346 g/mol. The molecule has 0 aliphatic carbocycles. The fourth-order valence-corrected chi connectivity index (χ4v) is 3.66. The summed E-state index contributed by atoms with van der Waals surface area (Å²) in [5.74, 6) is 0.200. The van der Waals surface area contributed by atoms with Crippen molar-refractivity contribution >= 4 is 0 Å². The van der Waals surface area contributed by atoms with Gasteiger partial charge in [-0.1, -0.05) is 47.0 Å². The van der Waals surface area contributed by atoms with Crippen LogP contribution in [0.15, 0.2) is 0 Å². The summed E-state index contributed by atoms with van der Waals surface area (Å²) in [4.78, 5) is 0. The zero-order valence-electron chi connectivity index (χ0n) is 16.5. The number of hydrogen-bond donors (Lipinski definition) is 4. The van der Waals surface area contributed by atoms with Gasteiger partial charge in [0.15, 0.2) is 0 Å². The van der Waals surface area contributed by atoms with Crippen molar-refractivity contribution in [1.29, 1.82) is 0 Å². The Morgan fingerprint density at radius 1 is 0.958 bits per heavy atom. The number of aliphatic hydroxyl groups is 4. The first-order valence-electron chi connectivity index (χ1n) is 9.87. The summed E-state index contributed by atoms with van der Waals surface area (Å²) in [7, 11) is 0. The molecular formula is C20H42O4. The lowest BCUT2D eigenvalue weighted by atomic mass is 9.71. The summed E-state index contributed by atoms with van der Waals surface area (Å²) in [6.07, 6.45) is 4.97. The fraction of sp³-hybridized carbons (Fsp3) is 1.00. The third kappa shape index (κ3) is 8.80. The molecule has 0 radical (unpaired) electrons. The first-order valence-corrected chi connectivity index (χ1v) is 9.87. The summed E-state index contributed by atoms with van der Waals surface area (Å²) in [6, 6.07) is 0. The molecule has 4 heteroatoms. The van der Waals surface area contributed by atoms with Crippen LogP contribution in [0.25, 0.3) is 0 Å². The number of aliphatic hydroxyl groups excluding tert-OH is 3. The van der Waals surface area contributed by atoms with Crippen LogP contribution in [-0.4, -0.2) is 44.8 Å². The second kappa shape index (κ2) is 12.2. The molecule has 0 aliphatic heterocycles. The van der Waals surface area contributed by atoms with Crippen molar-refractivity contribution in [1.82, 2.24) is 0 Å². The van der Waals surface area contributed by atoms with E-state index in [9.17, 15) is 15.3 Å². The highest BCUT2D eigenvalue weighted by atomic mass is 16.3. The van der Waals surface area contributed by atoms with E-state index in [2.05, 4.69) is 20.8 Å². The molecule has 4 nitrogen and oxygen atoms in total. The molecule has 0 aromatic carbocycles. The van der Waals surface area contributed by atoms with Crippen LogP contribution < -0.4 is 0 Å². The number of rotatable bonds is 14. The molecule has 0 rings (SSSR count). The molecule has 0 aromatic rings. The molecule has 0 saturated heterocycles. The van der Waals surface area contributed by atoms with Crippen LogP contribution in [0.3, 0.4) is 0 Å². The maximum absolute atomic E-state index is 11.5. The summed E-state index contributed by atoms with van der Waals surface area (Å²) >= 11 is 0. The first-order chi connectivity index (χ1) is 11.2. The normalized spacial score (nSPS) is 19.8. The van der Waals surface area contributed by atoms with Gasteiger partial charge in [-0.2, -0.15) is 0 Å². The number of unbranched alkanes of at least 4 members (excludes halogenated alkanes) is 2. The Morgan fingerprint density at radius 3 is 2.04 bits per heavy atom. The molecule has 146 valence electrons. The van der Waals surface area contributed by atoms with Crippen molar-refractivity contribution in [2.75, 3.05) is 6.61 Å². The topological polar surface area (TPSA) is 80.9 Å². The lowest BCUT2D eigenvalue weighted by molar-refractivity contribution is -0.105. The highest BCUT2D eigenvalue weighted by Crippen LogP contribution is 2.38. The minimum Gasteiger partial charge on any atom is -0.396 e. The Kier molecular flexibility index (Phi) is 12.2. The zero-order valence-corrected chi connectivity index (χ0v) is 16.5. The van der Waals surface area contributed by atoms with E-state index in [0.29, 0.717) is 25.2 Å². The predicted octanol–water partition coefficient (Wildman–Crippen LogP) is 3.50. The van der Waals surface area contributed by atoms with E-state index in [4.69, 9.17) is 5.11 Å². The second-order valence-corrected chi connectivity index (χ2v) is 8.15. The molecule has 5 atom stereocenters. The molecule has 0 bridgehead atoms. The first kappa shape index (κ1) is 23.8. The van der Waals surface area contributed by atoms with Crippen molar-refractivity contribution < 1.29 is 20.4 Å². The third-order valence-electron chi connectivity index (χ3n) is 5.23. The van der Waals surface area contributed by atoms with Gasteiger partial charge in [-0.25, -0.2) is 0 Å².